The fourth-order valence-electron chi connectivity index (χ4n) is 5.00. The molecule has 27 heavy (non-hydrogen) atoms. The summed E-state index contributed by atoms with van der Waals surface area (Å²) < 4.78 is 0. The van der Waals surface area contributed by atoms with Crippen LogP contribution in [0.5, 0.6) is 5.75 Å². The molecule has 2 aliphatic rings. The highest BCUT2D eigenvalue weighted by Crippen LogP contribution is 2.48. The van der Waals surface area contributed by atoms with Crippen LogP contribution in [-0.4, -0.2) is 35.4 Å². The van der Waals surface area contributed by atoms with Crippen molar-refractivity contribution in [3.05, 3.63) is 64.7 Å². The minimum absolute atomic E-state index is 0.116. The lowest BCUT2D eigenvalue weighted by molar-refractivity contribution is -0.125. The third-order valence-corrected chi connectivity index (χ3v) is 6.86. The molecule has 0 aromatic heterocycles. The van der Waals surface area contributed by atoms with Crippen LogP contribution in [0.25, 0.3) is 0 Å². The Labute approximate surface area is 166 Å². The molecule has 1 aliphatic carbocycles. The molecule has 1 saturated carbocycles. The van der Waals surface area contributed by atoms with Crippen LogP contribution in [0.3, 0.4) is 0 Å². The number of phenolic OH excluding ortho intramolecular Hbond substituents is 1. The average molecular weight is 384 g/mol. The fourth-order valence-corrected chi connectivity index (χ4v) is 5.23. The standard InChI is InChI=1S/C23H26ClNO2/c24-22-7-2-1-4-17(22)10-12-25-13-11-23(18-5-3-6-20(26)14-18)15-21(27)9-8-19(23)16-25/h1-7,14,19,26H,8-13,15-16H2/t19-,23-/m0/s1. The molecule has 4 heteroatoms. The van der Waals surface area contributed by atoms with Crippen LogP contribution < -0.4 is 0 Å². The number of carbonyl (C=O) groups excluding carboxylic acids is 1. The zero-order valence-electron chi connectivity index (χ0n) is 15.5. The van der Waals surface area contributed by atoms with Crippen molar-refractivity contribution in [2.45, 2.75) is 37.5 Å². The minimum atomic E-state index is -0.116. The van der Waals surface area contributed by atoms with E-state index < -0.39 is 0 Å². The number of carbonyl (C=O) groups is 1. The van der Waals surface area contributed by atoms with E-state index in [0.717, 1.165) is 49.5 Å². The van der Waals surface area contributed by atoms with E-state index in [4.69, 9.17) is 11.6 Å². The van der Waals surface area contributed by atoms with Gasteiger partial charge in [-0.25, -0.2) is 0 Å². The number of piperidine rings is 1. The number of ketones is 1. The molecule has 0 bridgehead atoms. The summed E-state index contributed by atoms with van der Waals surface area (Å²) in [7, 11) is 0. The molecule has 0 radical (unpaired) electrons. The summed E-state index contributed by atoms with van der Waals surface area (Å²) in [6, 6.07) is 15.6. The zero-order valence-corrected chi connectivity index (χ0v) is 16.3. The van der Waals surface area contributed by atoms with E-state index >= 15 is 0 Å². The Kier molecular flexibility index (Phi) is 5.25. The fraction of sp³-hybridized carbons (Fsp3) is 0.435. The first kappa shape index (κ1) is 18.5. The summed E-state index contributed by atoms with van der Waals surface area (Å²) in [5.41, 5.74) is 2.21. The lowest BCUT2D eigenvalue weighted by Crippen LogP contribution is -2.53. The highest BCUT2D eigenvalue weighted by molar-refractivity contribution is 6.31. The van der Waals surface area contributed by atoms with E-state index in [1.165, 1.54) is 5.56 Å². The second-order valence-electron chi connectivity index (χ2n) is 8.05. The second-order valence-corrected chi connectivity index (χ2v) is 8.46. The molecule has 1 aliphatic heterocycles. The smallest absolute Gasteiger partial charge is 0.133 e. The number of halogens is 1. The van der Waals surface area contributed by atoms with Gasteiger partial charge in [-0.3, -0.25) is 4.79 Å². The normalized spacial score (nSPS) is 26.0. The zero-order chi connectivity index (χ0) is 18.9. The Hall–Kier alpha value is -1.84. The van der Waals surface area contributed by atoms with E-state index in [9.17, 15) is 9.90 Å². The molecule has 2 aromatic rings. The van der Waals surface area contributed by atoms with Crippen molar-refractivity contribution in [1.82, 2.24) is 4.90 Å². The van der Waals surface area contributed by atoms with Gasteiger partial charge in [0, 0.05) is 36.4 Å². The van der Waals surface area contributed by atoms with Crippen LogP contribution in [-0.2, 0) is 16.6 Å². The van der Waals surface area contributed by atoms with Crippen LogP contribution in [0.1, 0.15) is 36.8 Å². The molecule has 0 amide bonds. The summed E-state index contributed by atoms with van der Waals surface area (Å²) in [4.78, 5) is 14.8. The van der Waals surface area contributed by atoms with Gasteiger partial charge in [-0.05, 0) is 61.1 Å². The summed E-state index contributed by atoms with van der Waals surface area (Å²) in [5, 5.41) is 10.8. The lowest BCUT2D eigenvalue weighted by Gasteiger charge is -2.50. The number of rotatable bonds is 4. The molecule has 2 atom stereocenters. The number of Topliss-reactive ketones (excluding diaryl/α,β-unsaturated/α-hetero) is 1. The number of hydrogen-bond donors (Lipinski definition) is 1. The number of fused-ring (bicyclic) bond motifs is 1. The van der Waals surface area contributed by atoms with E-state index in [1.807, 2.05) is 30.3 Å². The number of aromatic hydroxyl groups is 1. The number of phenols is 1. The maximum absolute atomic E-state index is 12.3. The minimum Gasteiger partial charge on any atom is -0.508 e. The third kappa shape index (κ3) is 3.76. The first-order valence-corrected chi connectivity index (χ1v) is 10.2. The van der Waals surface area contributed by atoms with Crippen LogP contribution in [0.15, 0.2) is 48.5 Å². The van der Waals surface area contributed by atoms with Crippen molar-refractivity contribution < 1.29 is 9.90 Å². The Balaban J connectivity index is 1.51. The molecule has 142 valence electrons. The van der Waals surface area contributed by atoms with Crippen LogP contribution in [0, 0.1) is 5.92 Å². The summed E-state index contributed by atoms with van der Waals surface area (Å²) >= 11 is 6.31. The van der Waals surface area contributed by atoms with E-state index in [0.29, 0.717) is 30.3 Å². The predicted octanol–water partition coefficient (Wildman–Crippen LogP) is 4.60. The first-order chi connectivity index (χ1) is 13.1. The van der Waals surface area contributed by atoms with Gasteiger partial charge in [0.1, 0.15) is 11.5 Å². The van der Waals surface area contributed by atoms with Gasteiger partial charge in [0.05, 0.1) is 0 Å². The summed E-state index contributed by atoms with van der Waals surface area (Å²) in [6.45, 7) is 2.97. The monoisotopic (exact) mass is 383 g/mol. The highest BCUT2D eigenvalue weighted by atomic mass is 35.5. The molecule has 0 unspecified atom stereocenters. The van der Waals surface area contributed by atoms with Gasteiger partial charge in [-0.15, -0.1) is 0 Å². The second kappa shape index (κ2) is 7.65. The molecule has 4 rings (SSSR count). The molecular formula is C23H26ClNO2. The Morgan fingerprint density at radius 1 is 1.19 bits per heavy atom. The molecule has 3 nitrogen and oxygen atoms in total. The molecular weight excluding hydrogens is 358 g/mol. The lowest BCUT2D eigenvalue weighted by atomic mass is 9.59. The van der Waals surface area contributed by atoms with Crippen LogP contribution in [0.4, 0.5) is 0 Å². The van der Waals surface area contributed by atoms with Gasteiger partial charge < -0.3 is 10.0 Å². The van der Waals surface area contributed by atoms with Gasteiger partial charge in [-0.2, -0.15) is 0 Å². The number of benzene rings is 2. The van der Waals surface area contributed by atoms with E-state index in [1.54, 1.807) is 6.07 Å². The van der Waals surface area contributed by atoms with Crippen molar-refractivity contribution in [1.29, 1.82) is 0 Å². The van der Waals surface area contributed by atoms with Crippen molar-refractivity contribution in [2.75, 3.05) is 19.6 Å². The van der Waals surface area contributed by atoms with Crippen molar-refractivity contribution in [3.8, 4) is 5.75 Å². The maximum Gasteiger partial charge on any atom is 0.133 e. The van der Waals surface area contributed by atoms with Gasteiger partial charge in [-0.1, -0.05) is 41.9 Å². The summed E-state index contributed by atoms with van der Waals surface area (Å²) in [6.07, 6.45) is 4.15. The maximum atomic E-state index is 12.3. The van der Waals surface area contributed by atoms with Crippen molar-refractivity contribution in [3.63, 3.8) is 0 Å². The predicted molar refractivity (Wildman–Crippen MR) is 108 cm³/mol. The van der Waals surface area contributed by atoms with Gasteiger partial charge in [0.15, 0.2) is 0 Å². The average Bonchev–Trinajstić information content (AvgIpc) is 2.67. The van der Waals surface area contributed by atoms with Crippen LogP contribution in [0.2, 0.25) is 5.02 Å². The first-order valence-electron chi connectivity index (χ1n) is 9.84. The van der Waals surface area contributed by atoms with Crippen LogP contribution >= 0.6 is 11.6 Å². The Morgan fingerprint density at radius 3 is 2.85 bits per heavy atom. The van der Waals surface area contributed by atoms with E-state index in [2.05, 4.69) is 17.0 Å². The molecule has 1 heterocycles. The summed E-state index contributed by atoms with van der Waals surface area (Å²) in [5.74, 6) is 1.11. The Bertz CT molecular complexity index is 837. The molecule has 2 fully saturated rings. The van der Waals surface area contributed by atoms with Gasteiger partial charge in [0.25, 0.3) is 0 Å². The molecule has 2 aromatic carbocycles. The number of likely N-dealkylation sites (tertiary alicyclic amines) is 1. The van der Waals surface area contributed by atoms with Crippen molar-refractivity contribution in [2.24, 2.45) is 5.92 Å². The highest BCUT2D eigenvalue weighted by Gasteiger charge is 2.47. The molecule has 1 saturated heterocycles. The molecule has 1 N–H and O–H groups in total. The van der Waals surface area contributed by atoms with Crippen molar-refractivity contribution >= 4 is 17.4 Å². The van der Waals surface area contributed by atoms with Gasteiger partial charge >= 0.3 is 0 Å². The Morgan fingerprint density at radius 2 is 2.04 bits per heavy atom. The SMILES string of the molecule is O=C1CC[C@H]2CN(CCc3ccccc3Cl)CC[C@@]2(c2cccc(O)c2)C1. The number of hydrogen-bond acceptors (Lipinski definition) is 3. The number of nitrogens with zero attached hydrogens (tertiary/aromatic N) is 1. The quantitative estimate of drug-likeness (QED) is 0.838. The third-order valence-electron chi connectivity index (χ3n) is 6.49. The van der Waals surface area contributed by atoms with Gasteiger partial charge in [0.2, 0.25) is 0 Å². The largest absolute Gasteiger partial charge is 0.508 e. The topological polar surface area (TPSA) is 40.5 Å². The molecule has 0 spiro atoms. The van der Waals surface area contributed by atoms with E-state index in [-0.39, 0.29) is 5.41 Å².